The first-order valence-electron chi connectivity index (χ1n) is 7.73. The van der Waals surface area contributed by atoms with Gasteiger partial charge in [-0.25, -0.2) is 0 Å². The molecule has 21 heavy (non-hydrogen) atoms. The Balaban J connectivity index is 1.75. The molecule has 0 radical (unpaired) electrons. The molecule has 2 aliphatic heterocycles. The van der Waals surface area contributed by atoms with E-state index in [-0.39, 0.29) is 5.91 Å². The molecule has 4 nitrogen and oxygen atoms in total. The van der Waals surface area contributed by atoms with Crippen molar-refractivity contribution in [3.8, 4) is 0 Å². The number of nitrogens with zero attached hydrogens (tertiary/aromatic N) is 2. The molecule has 1 unspecified atom stereocenters. The van der Waals surface area contributed by atoms with Crippen molar-refractivity contribution in [1.29, 1.82) is 0 Å². The number of para-hydroxylation sites is 1. The highest BCUT2D eigenvalue weighted by atomic mass is 32.2. The van der Waals surface area contributed by atoms with Gasteiger partial charge in [0.15, 0.2) is 0 Å². The maximum atomic E-state index is 12.7. The largest absolute Gasteiger partial charge is 0.314 e. The predicted molar refractivity (Wildman–Crippen MR) is 88.0 cm³/mol. The molecule has 114 valence electrons. The zero-order chi connectivity index (χ0) is 14.7. The van der Waals surface area contributed by atoms with Crippen LogP contribution in [0, 0.1) is 0 Å². The Labute approximate surface area is 130 Å². The zero-order valence-corrected chi connectivity index (χ0v) is 13.4. The molecule has 3 rings (SSSR count). The van der Waals surface area contributed by atoms with E-state index in [2.05, 4.69) is 35.3 Å². The van der Waals surface area contributed by atoms with Crippen LogP contribution in [0.15, 0.2) is 29.2 Å². The van der Waals surface area contributed by atoms with Crippen LogP contribution in [0.4, 0.5) is 5.69 Å². The summed E-state index contributed by atoms with van der Waals surface area (Å²) < 4.78 is 0. The highest BCUT2D eigenvalue weighted by molar-refractivity contribution is 8.00. The number of carbonyl (C=O) groups is 1. The Hall–Kier alpha value is -1.04. The van der Waals surface area contributed by atoms with Crippen LogP contribution in [0.1, 0.15) is 13.3 Å². The molecule has 5 heteroatoms. The van der Waals surface area contributed by atoms with E-state index in [1.807, 2.05) is 22.7 Å². The van der Waals surface area contributed by atoms with E-state index >= 15 is 0 Å². The van der Waals surface area contributed by atoms with Gasteiger partial charge in [0, 0.05) is 42.9 Å². The van der Waals surface area contributed by atoms with Crippen LogP contribution in [0.25, 0.3) is 0 Å². The lowest BCUT2D eigenvalue weighted by molar-refractivity contribution is -0.119. The number of amides is 1. The maximum absolute atomic E-state index is 12.7. The van der Waals surface area contributed by atoms with E-state index in [1.165, 1.54) is 4.90 Å². The third-order valence-corrected chi connectivity index (χ3v) is 5.35. The van der Waals surface area contributed by atoms with E-state index < -0.39 is 0 Å². The third-order valence-electron chi connectivity index (χ3n) is 4.11. The minimum Gasteiger partial charge on any atom is -0.314 e. The fourth-order valence-electron chi connectivity index (χ4n) is 2.89. The molecule has 1 aromatic rings. The standard InChI is InChI=1S/C16H23N3OS/c1-13-6-9-19(14-4-2-3-5-15(14)21-13)16(20)12-18-10-7-17-8-11-18/h2-5,13,17H,6-12H2,1H3. The van der Waals surface area contributed by atoms with Crippen molar-refractivity contribution in [1.82, 2.24) is 10.2 Å². The lowest BCUT2D eigenvalue weighted by Gasteiger charge is -2.30. The molecule has 0 aliphatic carbocycles. The molecular formula is C16H23N3OS. The van der Waals surface area contributed by atoms with Gasteiger partial charge in [-0.15, -0.1) is 11.8 Å². The van der Waals surface area contributed by atoms with Gasteiger partial charge in [0.2, 0.25) is 5.91 Å². The third kappa shape index (κ3) is 3.59. The molecule has 1 atom stereocenters. The summed E-state index contributed by atoms with van der Waals surface area (Å²) in [6, 6.07) is 8.30. The summed E-state index contributed by atoms with van der Waals surface area (Å²) in [4.78, 5) is 18.2. The van der Waals surface area contributed by atoms with E-state index in [0.29, 0.717) is 11.8 Å². The van der Waals surface area contributed by atoms with Crippen LogP contribution < -0.4 is 10.2 Å². The predicted octanol–water partition coefficient (Wildman–Crippen LogP) is 1.81. The fourth-order valence-corrected chi connectivity index (χ4v) is 4.00. The van der Waals surface area contributed by atoms with Crippen molar-refractivity contribution >= 4 is 23.4 Å². The van der Waals surface area contributed by atoms with Crippen molar-refractivity contribution in [2.75, 3.05) is 44.2 Å². The quantitative estimate of drug-likeness (QED) is 0.904. The summed E-state index contributed by atoms with van der Waals surface area (Å²) in [7, 11) is 0. The number of benzene rings is 1. The van der Waals surface area contributed by atoms with Crippen LogP contribution in [0.5, 0.6) is 0 Å². The number of fused-ring (bicyclic) bond motifs is 1. The first-order chi connectivity index (χ1) is 10.2. The minimum absolute atomic E-state index is 0.235. The van der Waals surface area contributed by atoms with Crippen molar-refractivity contribution in [3.05, 3.63) is 24.3 Å². The van der Waals surface area contributed by atoms with Gasteiger partial charge in [-0.05, 0) is 18.6 Å². The summed E-state index contributed by atoms with van der Waals surface area (Å²) in [6.07, 6.45) is 1.05. The van der Waals surface area contributed by atoms with Crippen LogP contribution in [0.2, 0.25) is 0 Å². The molecule has 0 saturated carbocycles. The number of piperazine rings is 1. The second-order valence-electron chi connectivity index (χ2n) is 5.76. The molecular weight excluding hydrogens is 282 g/mol. The Morgan fingerprint density at radius 3 is 2.86 bits per heavy atom. The molecule has 1 fully saturated rings. The van der Waals surface area contributed by atoms with Crippen LogP contribution in [-0.4, -0.2) is 55.3 Å². The van der Waals surface area contributed by atoms with E-state index in [1.54, 1.807) is 0 Å². The van der Waals surface area contributed by atoms with Crippen LogP contribution in [-0.2, 0) is 4.79 Å². The van der Waals surface area contributed by atoms with Crippen molar-refractivity contribution in [3.63, 3.8) is 0 Å². The molecule has 1 N–H and O–H groups in total. The normalized spacial score (nSPS) is 23.5. The van der Waals surface area contributed by atoms with Gasteiger partial charge < -0.3 is 10.2 Å². The minimum atomic E-state index is 0.235. The second-order valence-corrected chi connectivity index (χ2v) is 7.24. The lowest BCUT2D eigenvalue weighted by Crippen LogP contribution is -2.48. The average Bonchev–Trinajstić information content (AvgIpc) is 2.66. The Kier molecular flexibility index (Phi) is 4.83. The lowest BCUT2D eigenvalue weighted by atomic mass is 10.2. The number of hydrogen-bond donors (Lipinski definition) is 1. The van der Waals surface area contributed by atoms with Gasteiger partial charge in [0.1, 0.15) is 0 Å². The van der Waals surface area contributed by atoms with Gasteiger partial charge in [-0.2, -0.15) is 0 Å². The molecule has 1 amide bonds. The first-order valence-corrected chi connectivity index (χ1v) is 8.61. The maximum Gasteiger partial charge on any atom is 0.241 e. The second kappa shape index (κ2) is 6.81. The first kappa shape index (κ1) is 14.9. The molecule has 1 saturated heterocycles. The van der Waals surface area contributed by atoms with Gasteiger partial charge in [0.05, 0.1) is 12.2 Å². The van der Waals surface area contributed by atoms with Gasteiger partial charge in [-0.3, -0.25) is 9.69 Å². The van der Waals surface area contributed by atoms with E-state index in [9.17, 15) is 4.79 Å². The summed E-state index contributed by atoms with van der Waals surface area (Å²) in [5, 5.41) is 3.89. The smallest absolute Gasteiger partial charge is 0.241 e. The van der Waals surface area contributed by atoms with Crippen LogP contribution >= 0.6 is 11.8 Å². The Bertz CT molecular complexity index is 502. The van der Waals surface area contributed by atoms with Crippen molar-refractivity contribution in [2.24, 2.45) is 0 Å². The molecule has 0 spiro atoms. The van der Waals surface area contributed by atoms with E-state index in [0.717, 1.165) is 44.8 Å². The molecule has 0 aromatic heterocycles. The van der Waals surface area contributed by atoms with Gasteiger partial charge in [-0.1, -0.05) is 19.1 Å². The summed E-state index contributed by atoms with van der Waals surface area (Å²) >= 11 is 1.88. The Morgan fingerprint density at radius 2 is 2.05 bits per heavy atom. The number of hydrogen-bond acceptors (Lipinski definition) is 4. The summed E-state index contributed by atoms with van der Waals surface area (Å²) in [5.74, 6) is 0.235. The molecule has 2 heterocycles. The number of nitrogens with one attached hydrogen (secondary N) is 1. The molecule has 2 aliphatic rings. The van der Waals surface area contributed by atoms with Gasteiger partial charge in [0.25, 0.3) is 0 Å². The average molecular weight is 305 g/mol. The number of thioether (sulfide) groups is 1. The fraction of sp³-hybridized carbons (Fsp3) is 0.562. The van der Waals surface area contributed by atoms with Crippen LogP contribution in [0.3, 0.4) is 0 Å². The summed E-state index contributed by atoms with van der Waals surface area (Å²) in [6.45, 7) is 7.50. The monoisotopic (exact) mass is 305 g/mol. The number of anilines is 1. The molecule has 0 bridgehead atoms. The number of carbonyl (C=O) groups excluding carboxylic acids is 1. The highest BCUT2D eigenvalue weighted by Crippen LogP contribution is 2.37. The Morgan fingerprint density at radius 1 is 1.29 bits per heavy atom. The van der Waals surface area contributed by atoms with Crippen molar-refractivity contribution < 1.29 is 4.79 Å². The molecule has 1 aromatic carbocycles. The van der Waals surface area contributed by atoms with Crippen molar-refractivity contribution in [2.45, 2.75) is 23.5 Å². The van der Waals surface area contributed by atoms with Gasteiger partial charge >= 0.3 is 0 Å². The SMILES string of the molecule is CC1CCN(C(=O)CN2CCNCC2)c2ccccc2S1. The number of rotatable bonds is 2. The zero-order valence-electron chi connectivity index (χ0n) is 12.5. The summed E-state index contributed by atoms with van der Waals surface area (Å²) in [5.41, 5.74) is 1.09. The highest BCUT2D eigenvalue weighted by Gasteiger charge is 2.25. The van der Waals surface area contributed by atoms with E-state index in [4.69, 9.17) is 0 Å². The topological polar surface area (TPSA) is 35.6 Å².